The van der Waals surface area contributed by atoms with Crippen LogP contribution in [0, 0.1) is 0 Å². The van der Waals surface area contributed by atoms with E-state index in [-0.39, 0.29) is 12.0 Å². The zero-order valence-electron chi connectivity index (χ0n) is 12.0. The smallest absolute Gasteiger partial charge is 0.244 e. The lowest BCUT2D eigenvalue weighted by Crippen LogP contribution is -2.39. The van der Waals surface area contributed by atoms with Crippen molar-refractivity contribution in [1.82, 2.24) is 5.32 Å². The molecule has 1 saturated heterocycles. The molecule has 0 aromatic heterocycles. The van der Waals surface area contributed by atoms with Gasteiger partial charge in [-0.15, -0.1) is 0 Å². The molecule has 0 saturated carbocycles. The molecule has 0 bridgehead atoms. The Hall–Kier alpha value is -1.13. The normalized spacial score (nSPS) is 20.7. The number of nitrogens with one attached hydrogen (secondary N) is 1. The van der Waals surface area contributed by atoms with E-state index in [0.717, 1.165) is 12.0 Å². The molecule has 1 heterocycles. The molecule has 0 aromatic carbocycles. The Kier molecular flexibility index (Phi) is 8.18. The van der Waals surface area contributed by atoms with Crippen LogP contribution in [0.1, 0.15) is 33.1 Å². The highest BCUT2D eigenvalue weighted by Crippen LogP contribution is 2.01. The first-order valence-corrected chi connectivity index (χ1v) is 7.04. The average Bonchev–Trinajstić information content (AvgIpc) is 2.42. The number of carbonyl (C=O) groups excluding carboxylic acids is 1. The fraction of sp³-hybridized carbons (Fsp3) is 0.667. The van der Waals surface area contributed by atoms with Gasteiger partial charge in [-0.3, -0.25) is 4.79 Å². The fourth-order valence-corrected chi connectivity index (χ4v) is 1.77. The van der Waals surface area contributed by atoms with Gasteiger partial charge in [-0.25, -0.2) is 0 Å². The van der Waals surface area contributed by atoms with Crippen LogP contribution in [0.25, 0.3) is 0 Å². The highest BCUT2D eigenvalue weighted by Gasteiger charge is 2.14. The first-order valence-electron chi connectivity index (χ1n) is 7.04. The summed E-state index contributed by atoms with van der Waals surface area (Å²) in [5, 5.41) is 2.83. The molecule has 0 aliphatic carbocycles. The quantitative estimate of drug-likeness (QED) is 0.437. The first kappa shape index (κ1) is 15.9. The van der Waals surface area contributed by atoms with Gasteiger partial charge in [-0.05, 0) is 18.9 Å². The van der Waals surface area contributed by atoms with Gasteiger partial charge >= 0.3 is 0 Å². The summed E-state index contributed by atoms with van der Waals surface area (Å²) in [6.07, 6.45) is 9.15. The van der Waals surface area contributed by atoms with E-state index in [9.17, 15) is 4.79 Å². The lowest BCUT2D eigenvalue weighted by Gasteiger charge is -2.22. The van der Waals surface area contributed by atoms with E-state index >= 15 is 0 Å². The Balaban J connectivity index is 2.22. The number of amides is 1. The maximum absolute atomic E-state index is 11.7. The number of allylic oxidation sites excluding steroid dienone is 3. The molecule has 1 N–H and O–H groups in total. The zero-order chi connectivity index (χ0) is 13.9. The zero-order valence-corrected chi connectivity index (χ0v) is 12.0. The van der Waals surface area contributed by atoms with Crippen LogP contribution in [-0.2, 0) is 14.3 Å². The molecule has 4 nitrogen and oxygen atoms in total. The second-order valence-electron chi connectivity index (χ2n) is 4.75. The van der Waals surface area contributed by atoms with E-state index < -0.39 is 0 Å². The Morgan fingerprint density at radius 1 is 1.42 bits per heavy atom. The van der Waals surface area contributed by atoms with Crippen LogP contribution < -0.4 is 5.32 Å². The third-order valence-corrected chi connectivity index (χ3v) is 2.85. The molecule has 1 unspecified atom stereocenters. The summed E-state index contributed by atoms with van der Waals surface area (Å²) in [6, 6.07) is 0. The predicted octanol–water partition coefficient (Wildman–Crippen LogP) is 2.21. The van der Waals surface area contributed by atoms with Crippen LogP contribution in [-0.4, -0.2) is 38.4 Å². The first-order chi connectivity index (χ1) is 9.22. The van der Waals surface area contributed by atoms with E-state index in [2.05, 4.69) is 18.3 Å². The minimum absolute atomic E-state index is 0.0218. The van der Waals surface area contributed by atoms with E-state index in [1.54, 1.807) is 6.08 Å². The molecule has 1 fully saturated rings. The lowest BCUT2D eigenvalue weighted by molar-refractivity contribution is -0.119. The maximum atomic E-state index is 11.7. The van der Waals surface area contributed by atoms with E-state index in [4.69, 9.17) is 9.47 Å². The molecule has 0 aromatic rings. The summed E-state index contributed by atoms with van der Waals surface area (Å²) < 4.78 is 10.7. The van der Waals surface area contributed by atoms with E-state index in [1.165, 1.54) is 12.8 Å². The van der Waals surface area contributed by atoms with Gasteiger partial charge < -0.3 is 14.8 Å². The molecule has 1 amide bonds. The molecule has 1 aliphatic heterocycles. The third-order valence-electron chi connectivity index (χ3n) is 2.85. The van der Waals surface area contributed by atoms with Gasteiger partial charge in [0, 0.05) is 12.6 Å². The number of hydrogen-bond acceptors (Lipinski definition) is 3. The Morgan fingerprint density at radius 2 is 2.26 bits per heavy atom. The number of ether oxygens (including phenoxy) is 2. The van der Waals surface area contributed by atoms with E-state index in [1.807, 2.05) is 13.0 Å². The molecule has 0 spiro atoms. The summed E-state index contributed by atoms with van der Waals surface area (Å²) in [4.78, 5) is 11.7. The van der Waals surface area contributed by atoms with Crippen LogP contribution in [0.4, 0.5) is 0 Å². The van der Waals surface area contributed by atoms with Gasteiger partial charge in [0.05, 0.1) is 25.9 Å². The second-order valence-corrected chi connectivity index (χ2v) is 4.75. The Labute approximate surface area is 115 Å². The lowest BCUT2D eigenvalue weighted by atomic mass is 10.2. The van der Waals surface area contributed by atoms with Crippen molar-refractivity contribution in [3.8, 4) is 0 Å². The van der Waals surface area contributed by atoms with Crippen LogP contribution in [0.5, 0.6) is 0 Å². The number of unbranched alkanes of at least 4 members (excludes halogenated alkanes) is 2. The predicted molar refractivity (Wildman–Crippen MR) is 76.0 cm³/mol. The second kappa shape index (κ2) is 9.75. The SMILES string of the molecule is CCCC/C=C/C(C)=C/C(=O)NCC1COCCO1. The van der Waals surface area contributed by atoms with Crippen molar-refractivity contribution in [3.63, 3.8) is 0 Å². The molecule has 4 heteroatoms. The van der Waals surface area contributed by atoms with Crippen LogP contribution >= 0.6 is 0 Å². The van der Waals surface area contributed by atoms with Crippen molar-refractivity contribution >= 4 is 5.91 Å². The molecule has 1 rings (SSSR count). The molecule has 0 radical (unpaired) electrons. The summed E-state index contributed by atoms with van der Waals surface area (Å²) in [6.45, 7) is 6.41. The standard InChI is InChI=1S/C15H25NO3/c1-3-4-5-6-7-13(2)10-15(17)16-11-14-12-18-8-9-19-14/h6-7,10,14H,3-5,8-9,11-12H2,1-2H3,(H,16,17)/b7-6+,13-10+. The van der Waals surface area contributed by atoms with Crippen molar-refractivity contribution < 1.29 is 14.3 Å². The van der Waals surface area contributed by atoms with Crippen LogP contribution in [0.3, 0.4) is 0 Å². The highest BCUT2D eigenvalue weighted by molar-refractivity contribution is 5.88. The summed E-state index contributed by atoms with van der Waals surface area (Å²) >= 11 is 0. The molecule has 1 atom stereocenters. The van der Waals surface area contributed by atoms with Crippen molar-refractivity contribution in [2.75, 3.05) is 26.4 Å². The van der Waals surface area contributed by atoms with Gasteiger partial charge in [-0.2, -0.15) is 0 Å². The number of hydrogen-bond donors (Lipinski definition) is 1. The molecule has 19 heavy (non-hydrogen) atoms. The van der Waals surface area contributed by atoms with Gasteiger partial charge in [0.2, 0.25) is 5.91 Å². The minimum atomic E-state index is -0.0770. The van der Waals surface area contributed by atoms with Gasteiger partial charge in [-0.1, -0.05) is 31.9 Å². The van der Waals surface area contributed by atoms with Crippen molar-refractivity contribution in [2.24, 2.45) is 0 Å². The Morgan fingerprint density at radius 3 is 2.95 bits per heavy atom. The summed E-state index contributed by atoms with van der Waals surface area (Å²) in [7, 11) is 0. The minimum Gasteiger partial charge on any atom is -0.376 e. The Bertz CT molecular complexity index is 317. The molecule has 108 valence electrons. The molecular formula is C15H25NO3. The average molecular weight is 267 g/mol. The van der Waals surface area contributed by atoms with Gasteiger partial charge in [0.1, 0.15) is 0 Å². The van der Waals surface area contributed by atoms with Crippen molar-refractivity contribution in [3.05, 3.63) is 23.8 Å². The van der Waals surface area contributed by atoms with E-state index in [0.29, 0.717) is 26.4 Å². The molecule has 1 aliphatic rings. The highest BCUT2D eigenvalue weighted by atomic mass is 16.6. The topological polar surface area (TPSA) is 47.6 Å². The number of carbonyl (C=O) groups is 1. The molecular weight excluding hydrogens is 242 g/mol. The van der Waals surface area contributed by atoms with Gasteiger partial charge in [0.25, 0.3) is 0 Å². The van der Waals surface area contributed by atoms with Crippen LogP contribution in [0.2, 0.25) is 0 Å². The van der Waals surface area contributed by atoms with Crippen molar-refractivity contribution in [2.45, 2.75) is 39.2 Å². The monoisotopic (exact) mass is 267 g/mol. The largest absolute Gasteiger partial charge is 0.376 e. The third kappa shape index (κ3) is 7.80. The maximum Gasteiger partial charge on any atom is 0.244 e. The van der Waals surface area contributed by atoms with Crippen LogP contribution in [0.15, 0.2) is 23.8 Å². The fourth-order valence-electron chi connectivity index (χ4n) is 1.77. The van der Waals surface area contributed by atoms with Crippen molar-refractivity contribution in [1.29, 1.82) is 0 Å². The number of rotatable bonds is 7. The van der Waals surface area contributed by atoms with Gasteiger partial charge in [0.15, 0.2) is 0 Å². The summed E-state index contributed by atoms with van der Waals surface area (Å²) in [5.74, 6) is -0.0770. The summed E-state index contributed by atoms with van der Waals surface area (Å²) in [5.41, 5.74) is 0.967.